The van der Waals surface area contributed by atoms with E-state index in [1.807, 2.05) is 0 Å². The number of benzene rings is 1. The Morgan fingerprint density at radius 1 is 1.32 bits per heavy atom. The van der Waals surface area contributed by atoms with E-state index in [1.165, 1.54) is 23.1 Å². The predicted molar refractivity (Wildman–Crippen MR) is 91.0 cm³/mol. The highest BCUT2D eigenvalue weighted by atomic mass is 32.2. The lowest BCUT2D eigenvalue weighted by Gasteiger charge is -2.25. The van der Waals surface area contributed by atoms with E-state index in [-0.39, 0.29) is 12.2 Å². The maximum absolute atomic E-state index is 13.4. The lowest BCUT2D eigenvalue weighted by atomic mass is 10.2. The largest absolute Gasteiger partial charge is 0.361 e. The molecule has 0 aliphatic heterocycles. The van der Waals surface area contributed by atoms with Crippen LogP contribution in [-0.2, 0) is 21.4 Å². The number of hydrogen-bond acceptors (Lipinski definition) is 5. The molecule has 0 atom stereocenters. The zero-order valence-corrected chi connectivity index (χ0v) is 15.3. The predicted octanol–water partition coefficient (Wildman–Crippen LogP) is 1.86. The second-order valence-corrected chi connectivity index (χ2v) is 7.71. The Balaban J connectivity index is 2.20. The fraction of sp³-hybridized carbons (Fsp3) is 0.375. The fourth-order valence-electron chi connectivity index (χ4n) is 2.33. The topological polar surface area (TPSA) is 83.7 Å². The summed E-state index contributed by atoms with van der Waals surface area (Å²) in [5.41, 5.74) is 1.54. The molecule has 0 spiro atoms. The number of rotatable bonds is 6. The standard InChI is InChI=1S/C16H20FN3O4S/c1-11-15(12(2)24-18-11)9-19(3)16(21)10-20(25(4,22)23)14-7-5-6-13(17)8-14/h5-8H,9-10H2,1-4H3. The Labute approximate surface area is 146 Å². The average Bonchev–Trinajstić information content (AvgIpc) is 2.83. The Morgan fingerprint density at radius 2 is 2.00 bits per heavy atom. The van der Waals surface area contributed by atoms with Gasteiger partial charge in [0.25, 0.3) is 0 Å². The molecule has 0 fully saturated rings. The van der Waals surface area contributed by atoms with Gasteiger partial charge in [-0.05, 0) is 32.0 Å². The van der Waals surface area contributed by atoms with E-state index >= 15 is 0 Å². The smallest absolute Gasteiger partial charge is 0.243 e. The number of halogens is 1. The van der Waals surface area contributed by atoms with Gasteiger partial charge in [0.1, 0.15) is 18.1 Å². The highest BCUT2D eigenvalue weighted by Gasteiger charge is 2.24. The minimum atomic E-state index is -3.75. The molecular weight excluding hydrogens is 349 g/mol. The molecular formula is C16H20FN3O4S. The SMILES string of the molecule is Cc1noc(C)c1CN(C)C(=O)CN(c1cccc(F)c1)S(C)(=O)=O. The van der Waals surface area contributed by atoms with Gasteiger partial charge in [-0.2, -0.15) is 0 Å². The first-order chi connectivity index (χ1) is 11.6. The van der Waals surface area contributed by atoms with Crippen molar-refractivity contribution < 1.29 is 22.1 Å². The van der Waals surface area contributed by atoms with Gasteiger partial charge in [-0.15, -0.1) is 0 Å². The molecule has 0 radical (unpaired) electrons. The van der Waals surface area contributed by atoms with Crippen LogP contribution in [0.1, 0.15) is 17.0 Å². The Hall–Kier alpha value is -2.42. The summed E-state index contributed by atoms with van der Waals surface area (Å²) >= 11 is 0. The van der Waals surface area contributed by atoms with Crippen LogP contribution in [0.4, 0.5) is 10.1 Å². The van der Waals surface area contributed by atoms with Crippen LogP contribution < -0.4 is 4.31 Å². The van der Waals surface area contributed by atoms with Gasteiger partial charge >= 0.3 is 0 Å². The zero-order valence-electron chi connectivity index (χ0n) is 14.5. The molecule has 0 unspecified atom stereocenters. The Morgan fingerprint density at radius 3 is 2.52 bits per heavy atom. The van der Waals surface area contributed by atoms with E-state index in [1.54, 1.807) is 20.9 Å². The molecule has 1 aromatic carbocycles. The molecule has 25 heavy (non-hydrogen) atoms. The molecule has 1 heterocycles. The summed E-state index contributed by atoms with van der Waals surface area (Å²) in [6, 6.07) is 5.10. The van der Waals surface area contributed by atoms with Crippen molar-refractivity contribution in [3.63, 3.8) is 0 Å². The molecule has 1 amide bonds. The van der Waals surface area contributed by atoms with Crippen molar-refractivity contribution >= 4 is 21.6 Å². The molecule has 0 saturated carbocycles. The first kappa shape index (κ1) is 18.9. The van der Waals surface area contributed by atoms with Crippen molar-refractivity contribution in [2.75, 3.05) is 24.2 Å². The summed E-state index contributed by atoms with van der Waals surface area (Å²) in [7, 11) is -2.20. The first-order valence-corrected chi connectivity index (χ1v) is 9.33. The van der Waals surface area contributed by atoms with Crippen molar-refractivity contribution in [2.24, 2.45) is 0 Å². The van der Waals surface area contributed by atoms with E-state index in [4.69, 9.17) is 4.52 Å². The molecule has 2 rings (SSSR count). The maximum Gasteiger partial charge on any atom is 0.243 e. The number of carbonyl (C=O) groups is 1. The van der Waals surface area contributed by atoms with Crippen LogP contribution in [0.3, 0.4) is 0 Å². The number of carbonyl (C=O) groups excluding carboxylic acids is 1. The van der Waals surface area contributed by atoms with Crippen molar-refractivity contribution in [1.29, 1.82) is 0 Å². The summed E-state index contributed by atoms with van der Waals surface area (Å²) in [5, 5.41) is 3.83. The van der Waals surface area contributed by atoms with Gasteiger partial charge < -0.3 is 9.42 Å². The summed E-state index contributed by atoms with van der Waals surface area (Å²) in [4.78, 5) is 13.9. The van der Waals surface area contributed by atoms with E-state index in [9.17, 15) is 17.6 Å². The normalized spacial score (nSPS) is 11.4. The fourth-order valence-corrected chi connectivity index (χ4v) is 3.17. The molecule has 0 bridgehead atoms. The van der Waals surface area contributed by atoms with E-state index in [0.717, 1.165) is 22.2 Å². The van der Waals surface area contributed by atoms with Gasteiger partial charge in [0, 0.05) is 12.6 Å². The minimum absolute atomic E-state index is 0.0987. The number of likely N-dealkylation sites (N-methyl/N-ethyl adjacent to an activating group) is 1. The van der Waals surface area contributed by atoms with Gasteiger partial charge in [-0.25, -0.2) is 12.8 Å². The van der Waals surface area contributed by atoms with E-state index in [2.05, 4.69) is 5.16 Å². The number of sulfonamides is 1. The van der Waals surface area contributed by atoms with Gasteiger partial charge in [0.05, 0.1) is 24.2 Å². The summed E-state index contributed by atoms with van der Waals surface area (Å²) < 4.78 is 43.4. The number of aryl methyl sites for hydroxylation is 2. The Kier molecular flexibility index (Phi) is 5.46. The van der Waals surface area contributed by atoms with Crippen LogP contribution in [0, 0.1) is 19.7 Å². The number of aromatic nitrogens is 1. The van der Waals surface area contributed by atoms with Crippen molar-refractivity contribution in [3.8, 4) is 0 Å². The van der Waals surface area contributed by atoms with Crippen LogP contribution >= 0.6 is 0 Å². The van der Waals surface area contributed by atoms with Crippen molar-refractivity contribution in [1.82, 2.24) is 10.1 Å². The lowest BCUT2D eigenvalue weighted by Crippen LogP contribution is -2.41. The van der Waals surface area contributed by atoms with Gasteiger partial charge in [0.15, 0.2) is 0 Å². The third-order valence-corrected chi connectivity index (χ3v) is 4.92. The van der Waals surface area contributed by atoms with Crippen LogP contribution in [-0.4, -0.2) is 44.2 Å². The lowest BCUT2D eigenvalue weighted by molar-refractivity contribution is -0.128. The van der Waals surface area contributed by atoms with E-state index in [0.29, 0.717) is 11.5 Å². The molecule has 1 aromatic heterocycles. The van der Waals surface area contributed by atoms with Gasteiger partial charge in [-0.3, -0.25) is 9.10 Å². The number of hydrogen-bond donors (Lipinski definition) is 0. The van der Waals surface area contributed by atoms with Gasteiger partial charge in [-0.1, -0.05) is 11.2 Å². The van der Waals surface area contributed by atoms with Crippen LogP contribution in [0.15, 0.2) is 28.8 Å². The molecule has 0 saturated heterocycles. The number of amides is 1. The number of anilines is 1. The molecule has 0 N–H and O–H groups in total. The second-order valence-electron chi connectivity index (χ2n) is 5.80. The summed E-state index contributed by atoms with van der Waals surface area (Å²) in [6.45, 7) is 3.31. The minimum Gasteiger partial charge on any atom is -0.361 e. The third kappa shape index (κ3) is 4.56. The Bertz CT molecular complexity index is 860. The molecule has 9 heteroatoms. The molecule has 2 aromatic rings. The average molecular weight is 369 g/mol. The zero-order chi connectivity index (χ0) is 18.8. The van der Waals surface area contributed by atoms with Crippen LogP contribution in [0.2, 0.25) is 0 Å². The first-order valence-electron chi connectivity index (χ1n) is 7.48. The van der Waals surface area contributed by atoms with Gasteiger partial charge in [0.2, 0.25) is 15.9 Å². The molecule has 0 aliphatic carbocycles. The molecule has 7 nitrogen and oxygen atoms in total. The molecule has 136 valence electrons. The van der Waals surface area contributed by atoms with Crippen molar-refractivity contribution in [2.45, 2.75) is 20.4 Å². The van der Waals surface area contributed by atoms with Crippen LogP contribution in [0.25, 0.3) is 0 Å². The molecule has 0 aliphatic rings. The highest BCUT2D eigenvalue weighted by Crippen LogP contribution is 2.19. The van der Waals surface area contributed by atoms with Crippen LogP contribution in [0.5, 0.6) is 0 Å². The highest BCUT2D eigenvalue weighted by molar-refractivity contribution is 7.92. The third-order valence-electron chi connectivity index (χ3n) is 3.78. The second kappa shape index (κ2) is 7.22. The van der Waals surface area contributed by atoms with Crippen molar-refractivity contribution in [3.05, 3.63) is 47.1 Å². The van der Waals surface area contributed by atoms with E-state index < -0.39 is 28.3 Å². The monoisotopic (exact) mass is 369 g/mol. The quantitative estimate of drug-likeness (QED) is 0.776. The maximum atomic E-state index is 13.4. The summed E-state index contributed by atoms with van der Waals surface area (Å²) in [5.74, 6) is -0.417. The summed E-state index contributed by atoms with van der Waals surface area (Å²) in [6.07, 6.45) is 0.972. The number of nitrogens with zero attached hydrogens (tertiary/aromatic N) is 3.